The molecule has 0 atom stereocenters. The summed E-state index contributed by atoms with van der Waals surface area (Å²) in [6.07, 6.45) is 2.80. The molecule has 17 heavy (non-hydrogen) atoms. The quantitative estimate of drug-likeness (QED) is 0.556. The van der Waals surface area contributed by atoms with Crippen molar-refractivity contribution >= 4 is 19.4 Å². The van der Waals surface area contributed by atoms with Gasteiger partial charge in [-0.05, 0) is 30.6 Å². The topological polar surface area (TPSA) is 17.1 Å². The van der Waals surface area contributed by atoms with Crippen LogP contribution in [0.5, 0.6) is 0 Å². The molecule has 1 nitrogen and oxygen atoms in total. The van der Waals surface area contributed by atoms with Crippen LogP contribution >= 0.6 is 0 Å². The fraction of sp³-hybridized carbons (Fsp3) is 0.400. The summed E-state index contributed by atoms with van der Waals surface area (Å²) in [5, 5.41) is 0. The van der Waals surface area contributed by atoms with Crippen molar-refractivity contribution in [3.63, 3.8) is 0 Å². The van der Waals surface area contributed by atoms with Crippen molar-refractivity contribution in [2.45, 2.75) is 39.0 Å². The first kappa shape index (κ1) is 13.9. The van der Waals surface area contributed by atoms with Gasteiger partial charge in [-0.3, -0.25) is 4.79 Å². The van der Waals surface area contributed by atoms with E-state index in [1.54, 1.807) is 13.0 Å². The van der Waals surface area contributed by atoms with Gasteiger partial charge in [-0.25, -0.2) is 0 Å². The number of carbonyl (C=O) groups excluding carboxylic acids is 1. The third-order valence-electron chi connectivity index (χ3n) is 2.67. The van der Waals surface area contributed by atoms with Crippen LogP contribution in [0.2, 0.25) is 25.7 Å². The largest absolute Gasteiger partial charge is 0.295 e. The van der Waals surface area contributed by atoms with Crippen molar-refractivity contribution < 1.29 is 4.79 Å². The monoisotopic (exact) mass is 246 g/mol. The third-order valence-corrected chi connectivity index (χ3v) is 4.42. The Balaban J connectivity index is 2.87. The number of rotatable bonds is 5. The fourth-order valence-electron chi connectivity index (χ4n) is 1.71. The Hall–Kier alpha value is -1.15. The zero-order chi connectivity index (χ0) is 12.9. The number of hydrogen-bond donors (Lipinski definition) is 0. The molecule has 0 fully saturated rings. The lowest BCUT2D eigenvalue weighted by molar-refractivity contribution is -0.112. The molecular formula is C15H22OSi. The summed E-state index contributed by atoms with van der Waals surface area (Å²) in [5.74, 6) is 0.138. The smallest absolute Gasteiger partial charge is 0.152 e. The molecule has 0 radical (unpaired) electrons. The van der Waals surface area contributed by atoms with Crippen LogP contribution in [-0.4, -0.2) is 13.9 Å². The van der Waals surface area contributed by atoms with E-state index in [-0.39, 0.29) is 5.78 Å². The van der Waals surface area contributed by atoms with Gasteiger partial charge in [0.2, 0.25) is 0 Å². The van der Waals surface area contributed by atoms with Crippen LogP contribution in [0.3, 0.4) is 0 Å². The Morgan fingerprint density at radius 3 is 2.24 bits per heavy atom. The average Bonchev–Trinajstić information content (AvgIpc) is 2.24. The highest BCUT2D eigenvalue weighted by atomic mass is 28.3. The first-order valence-corrected chi connectivity index (χ1v) is 9.86. The highest BCUT2D eigenvalue weighted by molar-refractivity contribution is 6.76. The zero-order valence-electron chi connectivity index (χ0n) is 11.3. The summed E-state index contributed by atoms with van der Waals surface area (Å²) < 4.78 is 0. The summed E-state index contributed by atoms with van der Waals surface area (Å²) in [6, 6.07) is 11.4. The molecule has 1 aromatic rings. The summed E-state index contributed by atoms with van der Waals surface area (Å²) in [7, 11) is -1.06. The molecule has 0 unspecified atom stereocenters. The molecule has 0 saturated heterocycles. The van der Waals surface area contributed by atoms with Crippen LogP contribution in [0.4, 0.5) is 0 Å². The molecular weight excluding hydrogens is 224 g/mol. The molecule has 1 aromatic carbocycles. The highest BCUT2D eigenvalue weighted by Gasteiger charge is 2.14. The number of ketones is 1. The van der Waals surface area contributed by atoms with Gasteiger partial charge in [0.1, 0.15) is 0 Å². The van der Waals surface area contributed by atoms with E-state index in [1.807, 2.05) is 18.2 Å². The van der Waals surface area contributed by atoms with E-state index in [1.165, 1.54) is 17.2 Å². The average molecular weight is 246 g/mol. The number of carbonyl (C=O) groups is 1. The Bertz CT molecular complexity index is 399. The Morgan fingerprint density at radius 1 is 1.18 bits per heavy atom. The van der Waals surface area contributed by atoms with Gasteiger partial charge in [-0.15, -0.1) is 0 Å². The van der Waals surface area contributed by atoms with E-state index >= 15 is 0 Å². The van der Waals surface area contributed by atoms with E-state index in [2.05, 4.69) is 31.8 Å². The van der Waals surface area contributed by atoms with Crippen LogP contribution in [0.1, 0.15) is 18.9 Å². The molecule has 0 aromatic heterocycles. The Morgan fingerprint density at radius 2 is 1.76 bits per heavy atom. The lowest BCUT2D eigenvalue weighted by Crippen LogP contribution is -2.18. The van der Waals surface area contributed by atoms with Crippen LogP contribution in [-0.2, 0) is 4.79 Å². The van der Waals surface area contributed by atoms with Gasteiger partial charge in [0.25, 0.3) is 0 Å². The van der Waals surface area contributed by atoms with E-state index in [4.69, 9.17) is 0 Å². The maximum atomic E-state index is 11.3. The molecule has 92 valence electrons. The minimum Gasteiger partial charge on any atom is -0.295 e. The van der Waals surface area contributed by atoms with Crippen molar-refractivity contribution in [3.8, 4) is 0 Å². The second kappa shape index (κ2) is 5.96. The summed E-state index contributed by atoms with van der Waals surface area (Å²) in [5.41, 5.74) is 2.36. The molecule has 0 heterocycles. The molecule has 0 spiro atoms. The van der Waals surface area contributed by atoms with Gasteiger partial charge < -0.3 is 0 Å². The van der Waals surface area contributed by atoms with Gasteiger partial charge in [0.15, 0.2) is 5.78 Å². The van der Waals surface area contributed by atoms with E-state index in [0.717, 1.165) is 6.42 Å². The minimum atomic E-state index is -1.06. The van der Waals surface area contributed by atoms with Crippen molar-refractivity contribution in [1.82, 2.24) is 0 Å². The summed E-state index contributed by atoms with van der Waals surface area (Å²) in [6.45, 7) is 8.72. The summed E-state index contributed by atoms with van der Waals surface area (Å²) >= 11 is 0. The normalized spacial score (nSPS) is 12.6. The SMILES string of the molecule is CC(=O)/C=C(\CC[Si](C)(C)C)c1ccccc1. The fourth-order valence-corrected chi connectivity index (χ4v) is 2.73. The molecule has 0 aliphatic rings. The van der Waals surface area contributed by atoms with Crippen molar-refractivity contribution in [2.24, 2.45) is 0 Å². The molecule has 0 N–H and O–H groups in total. The van der Waals surface area contributed by atoms with Gasteiger partial charge >= 0.3 is 0 Å². The predicted molar refractivity (Wildman–Crippen MR) is 77.9 cm³/mol. The zero-order valence-corrected chi connectivity index (χ0v) is 12.3. The van der Waals surface area contributed by atoms with E-state index < -0.39 is 8.07 Å². The van der Waals surface area contributed by atoms with Gasteiger partial charge in [-0.1, -0.05) is 56.0 Å². The first-order valence-electron chi connectivity index (χ1n) is 6.15. The molecule has 2 heteroatoms. The van der Waals surface area contributed by atoms with Gasteiger partial charge in [0.05, 0.1) is 0 Å². The molecule has 1 rings (SSSR count). The Labute approximate surface area is 106 Å². The predicted octanol–water partition coefficient (Wildman–Crippen LogP) is 4.39. The maximum Gasteiger partial charge on any atom is 0.152 e. The van der Waals surface area contributed by atoms with Gasteiger partial charge in [-0.2, -0.15) is 0 Å². The van der Waals surface area contributed by atoms with E-state index in [0.29, 0.717) is 0 Å². The second-order valence-electron chi connectivity index (χ2n) is 5.71. The minimum absolute atomic E-state index is 0.138. The van der Waals surface area contributed by atoms with Crippen molar-refractivity contribution in [2.75, 3.05) is 0 Å². The first-order chi connectivity index (χ1) is 7.88. The Kier molecular flexibility index (Phi) is 4.88. The van der Waals surface area contributed by atoms with Crippen molar-refractivity contribution in [1.29, 1.82) is 0 Å². The number of hydrogen-bond acceptors (Lipinski definition) is 1. The molecule has 0 aliphatic heterocycles. The molecule has 0 amide bonds. The maximum absolute atomic E-state index is 11.3. The number of allylic oxidation sites excluding steroid dienone is 2. The van der Waals surface area contributed by atoms with Crippen LogP contribution < -0.4 is 0 Å². The third kappa shape index (κ3) is 5.64. The highest BCUT2D eigenvalue weighted by Crippen LogP contribution is 2.24. The lowest BCUT2D eigenvalue weighted by Gasteiger charge is -2.17. The van der Waals surface area contributed by atoms with Crippen LogP contribution in [0.25, 0.3) is 5.57 Å². The molecule has 0 saturated carbocycles. The van der Waals surface area contributed by atoms with Crippen molar-refractivity contribution in [3.05, 3.63) is 42.0 Å². The van der Waals surface area contributed by atoms with Crippen LogP contribution in [0.15, 0.2) is 36.4 Å². The second-order valence-corrected chi connectivity index (χ2v) is 11.3. The van der Waals surface area contributed by atoms with Gasteiger partial charge in [0, 0.05) is 8.07 Å². The standard InChI is InChI=1S/C15H22OSi/c1-13(16)12-15(10-11-17(2,3)4)14-8-6-5-7-9-14/h5-9,12H,10-11H2,1-4H3/b15-12+. The van der Waals surface area contributed by atoms with Crippen LogP contribution in [0, 0.1) is 0 Å². The molecule has 0 aliphatic carbocycles. The number of benzene rings is 1. The summed E-state index contributed by atoms with van der Waals surface area (Å²) in [4.78, 5) is 11.3. The molecule has 0 bridgehead atoms. The van der Waals surface area contributed by atoms with E-state index in [9.17, 15) is 4.79 Å². The lowest BCUT2D eigenvalue weighted by atomic mass is 10.0.